The molecule has 1 aliphatic carbocycles. The van der Waals surface area contributed by atoms with Crippen LogP contribution in [0.15, 0.2) is 41.9 Å². The van der Waals surface area contributed by atoms with Crippen molar-refractivity contribution in [2.75, 3.05) is 6.61 Å². The fourth-order valence-electron chi connectivity index (χ4n) is 5.00. The van der Waals surface area contributed by atoms with Gasteiger partial charge >= 0.3 is 11.9 Å². The Hall–Kier alpha value is -3.93. The lowest BCUT2D eigenvalue weighted by Crippen LogP contribution is -2.30. The van der Waals surface area contributed by atoms with Gasteiger partial charge in [-0.1, -0.05) is 17.7 Å². The maximum atomic E-state index is 14.5. The molecule has 2 aromatic heterocycles. The fourth-order valence-corrected chi connectivity index (χ4v) is 5.22. The molecular weight excluding hydrogens is 592 g/mol. The number of carboxylic acid groups (broad SMARTS) is 1. The van der Waals surface area contributed by atoms with Crippen LogP contribution in [0.1, 0.15) is 49.7 Å². The molecule has 0 saturated heterocycles. The zero-order valence-corrected chi connectivity index (χ0v) is 24.6. The summed E-state index contributed by atoms with van der Waals surface area (Å²) in [6.45, 7) is 4.76. The minimum absolute atomic E-state index is 0.0240. The Morgan fingerprint density at radius 3 is 2.63 bits per heavy atom. The number of fused-ring (bicyclic) bond motifs is 1. The zero-order chi connectivity index (χ0) is 31.5. The lowest BCUT2D eigenvalue weighted by atomic mass is 9.83. The average Bonchev–Trinajstić information content (AvgIpc) is 3.34. The number of hydrogen-bond acceptors (Lipinski definition) is 6. The Morgan fingerprint density at radius 2 is 1.95 bits per heavy atom. The number of carbonyl (C=O) groups excluding carboxylic acids is 1. The van der Waals surface area contributed by atoms with Gasteiger partial charge in [-0.3, -0.25) is 14.5 Å². The van der Waals surface area contributed by atoms with Crippen LogP contribution in [-0.2, 0) is 46.7 Å². The van der Waals surface area contributed by atoms with Crippen molar-refractivity contribution in [3.05, 3.63) is 92.7 Å². The van der Waals surface area contributed by atoms with Gasteiger partial charge in [-0.05, 0) is 57.2 Å². The van der Waals surface area contributed by atoms with Crippen molar-refractivity contribution in [2.45, 2.75) is 59.5 Å². The number of aryl methyl sites for hydroxylation is 1. The number of aromatic nitrogens is 3. The van der Waals surface area contributed by atoms with E-state index in [0.717, 1.165) is 23.5 Å². The van der Waals surface area contributed by atoms with E-state index in [2.05, 4.69) is 15.4 Å². The Morgan fingerprint density at radius 1 is 1.21 bits per heavy atom. The molecule has 2 N–H and O–H groups in total. The van der Waals surface area contributed by atoms with E-state index >= 15 is 0 Å². The normalized spacial score (nSPS) is 15.5. The van der Waals surface area contributed by atoms with Gasteiger partial charge in [0, 0.05) is 30.3 Å². The van der Waals surface area contributed by atoms with Gasteiger partial charge in [-0.25, -0.2) is 22.4 Å². The summed E-state index contributed by atoms with van der Waals surface area (Å²) < 4.78 is 63.0. The highest BCUT2D eigenvalue weighted by molar-refractivity contribution is 6.31. The third-order valence-electron chi connectivity index (χ3n) is 7.32. The Kier molecular flexibility index (Phi) is 9.79. The Balaban J connectivity index is 1.76. The molecule has 1 unspecified atom stereocenters. The van der Waals surface area contributed by atoms with Gasteiger partial charge in [0.1, 0.15) is 11.6 Å². The number of hydrogen-bond donors (Lipinski definition) is 2. The number of rotatable bonds is 11. The molecule has 3 aromatic rings. The van der Waals surface area contributed by atoms with Crippen molar-refractivity contribution in [3.8, 4) is 0 Å². The van der Waals surface area contributed by atoms with E-state index < -0.39 is 45.6 Å². The van der Waals surface area contributed by atoms with E-state index in [1.54, 1.807) is 31.6 Å². The van der Waals surface area contributed by atoms with E-state index in [1.807, 2.05) is 0 Å². The highest BCUT2D eigenvalue weighted by Gasteiger charge is 2.32. The number of carbonyl (C=O) groups is 2. The molecular formula is C30H31ClF4N4O4. The summed E-state index contributed by atoms with van der Waals surface area (Å²) in [5.74, 6) is -6.21. The predicted molar refractivity (Wildman–Crippen MR) is 149 cm³/mol. The van der Waals surface area contributed by atoms with Crippen LogP contribution in [0, 0.1) is 34.6 Å². The van der Waals surface area contributed by atoms with Crippen molar-refractivity contribution in [1.29, 1.82) is 0 Å². The van der Waals surface area contributed by atoms with Gasteiger partial charge in [0.2, 0.25) is 0 Å². The number of carboxylic acids is 1. The topological polar surface area (TPSA) is 106 Å². The average molecular weight is 623 g/mol. The molecule has 2 heterocycles. The molecule has 43 heavy (non-hydrogen) atoms. The summed E-state index contributed by atoms with van der Waals surface area (Å²) >= 11 is 6.11. The van der Waals surface area contributed by atoms with Crippen molar-refractivity contribution in [1.82, 2.24) is 20.1 Å². The number of esters is 1. The van der Waals surface area contributed by atoms with Crippen LogP contribution in [0.3, 0.4) is 0 Å². The van der Waals surface area contributed by atoms with Crippen LogP contribution >= 0.6 is 11.6 Å². The van der Waals surface area contributed by atoms with Crippen molar-refractivity contribution in [3.63, 3.8) is 0 Å². The molecule has 1 aliphatic rings. The standard InChI is InChI=1S/C30H31ClF4N4O4/c1-4-43-28(40)20(10-16-5-7-21(33)26(35)25(16)31)27(37-13-24-22(34)11-19(32)12-36-24)17-6-8-23-18(9-17)14-39(38-23)15-30(2,3)29(41)42/h5,7,11-12,14,17,37H,4,6,8-10,13,15H2,1-3H3,(H,41,42)/b27-20+. The van der Waals surface area contributed by atoms with Gasteiger partial charge in [0.15, 0.2) is 11.6 Å². The van der Waals surface area contributed by atoms with Gasteiger partial charge in [-0.15, -0.1) is 0 Å². The van der Waals surface area contributed by atoms with E-state index in [9.17, 15) is 32.3 Å². The second-order valence-corrected chi connectivity index (χ2v) is 11.4. The first-order valence-corrected chi connectivity index (χ1v) is 14.0. The smallest absolute Gasteiger partial charge is 0.336 e. The number of ether oxygens (including phenoxy) is 1. The van der Waals surface area contributed by atoms with Gasteiger partial charge in [-0.2, -0.15) is 5.10 Å². The molecule has 1 aromatic carbocycles. The number of pyridine rings is 1. The summed E-state index contributed by atoms with van der Waals surface area (Å²) in [5.41, 5.74) is 1.01. The third-order valence-corrected chi connectivity index (χ3v) is 7.73. The SMILES string of the molecule is CCOC(=O)/C(Cc1ccc(F)c(F)c1Cl)=C(/NCc1ncc(F)cc1F)C1CCc2nn(CC(C)(C)C(=O)O)cc2C1. The third kappa shape index (κ3) is 7.35. The highest BCUT2D eigenvalue weighted by atomic mass is 35.5. The number of nitrogens with zero attached hydrogens (tertiary/aromatic N) is 3. The van der Waals surface area contributed by atoms with Crippen molar-refractivity contribution in [2.24, 2.45) is 11.3 Å². The lowest BCUT2D eigenvalue weighted by Gasteiger charge is -2.28. The van der Waals surface area contributed by atoms with Crippen LogP contribution < -0.4 is 5.32 Å². The number of benzene rings is 1. The van der Waals surface area contributed by atoms with Crippen LogP contribution in [0.25, 0.3) is 0 Å². The predicted octanol–water partition coefficient (Wildman–Crippen LogP) is 5.55. The van der Waals surface area contributed by atoms with Crippen LogP contribution in [0.2, 0.25) is 5.02 Å². The monoisotopic (exact) mass is 622 g/mol. The second-order valence-electron chi connectivity index (χ2n) is 11.0. The summed E-state index contributed by atoms with van der Waals surface area (Å²) in [6.07, 6.45) is 3.75. The van der Waals surface area contributed by atoms with Crippen molar-refractivity contribution >= 4 is 23.5 Å². The minimum Gasteiger partial charge on any atom is -0.481 e. The summed E-state index contributed by atoms with van der Waals surface area (Å²) in [5, 5.41) is 16.7. The van der Waals surface area contributed by atoms with Crippen molar-refractivity contribution < 1.29 is 37.0 Å². The van der Waals surface area contributed by atoms with Crippen LogP contribution in [0.4, 0.5) is 17.6 Å². The Labute approximate surface area is 250 Å². The summed E-state index contributed by atoms with van der Waals surface area (Å²) in [4.78, 5) is 28.8. The minimum atomic E-state index is -1.26. The molecule has 0 radical (unpaired) electrons. The molecule has 0 amide bonds. The molecule has 4 rings (SSSR count). The van der Waals surface area contributed by atoms with Gasteiger partial charge in [0.25, 0.3) is 0 Å². The zero-order valence-electron chi connectivity index (χ0n) is 23.8. The maximum Gasteiger partial charge on any atom is 0.336 e. The van der Waals surface area contributed by atoms with Gasteiger partial charge < -0.3 is 15.2 Å². The fraction of sp³-hybridized carbons (Fsp3) is 0.400. The largest absolute Gasteiger partial charge is 0.481 e. The first-order valence-electron chi connectivity index (χ1n) is 13.7. The number of aliphatic carboxylic acids is 1. The molecule has 1 atom stereocenters. The molecule has 230 valence electrons. The number of halogens is 5. The molecule has 13 heteroatoms. The molecule has 0 saturated carbocycles. The van der Waals surface area contributed by atoms with E-state index in [-0.39, 0.29) is 48.9 Å². The van der Waals surface area contributed by atoms with Crippen LogP contribution in [-0.4, -0.2) is 38.4 Å². The molecule has 0 fully saturated rings. The lowest BCUT2D eigenvalue weighted by molar-refractivity contribution is -0.147. The van der Waals surface area contributed by atoms with E-state index in [0.29, 0.717) is 31.0 Å². The first kappa shape index (κ1) is 32.0. The summed E-state index contributed by atoms with van der Waals surface area (Å²) in [6, 6.07) is 2.87. The summed E-state index contributed by atoms with van der Waals surface area (Å²) in [7, 11) is 0. The van der Waals surface area contributed by atoms with E-state index in [4.69, 9.17) is 16.3 Å². The molecule has 8 nitrogen and oxygen atoms in total. The molecule has 0 spiro atoms. The maximum absolute atomic E-state index is 14.5. The second kappa shape index (κ2) is 13.2. The van der Waals surface area contributed by atoms with E-state index in [1.165, 1.54) is 6.07 Å². The van der Waals surface area contributed by atoms with Gasteiger partial charge in [0.05, 0.1) is 53.3 Å². The quantitative estimate of drug-likeness (QED) is 0.125. The highest BCUT2D eigenvalue weighted by Crippen LogP contribution is 2.34. The van der Waals surface area contributed by atoms with Crippen LogP contribution in [0.5, 0.6) is 0 Å². The number of allylic oxidation sites excluding steroid dienone is 1. The number of nitrogens with one attached hydrogen (secondary N) is 1. The first-order chi connectivity index (χ1) is 20.3. The Bertz CT molecular complexity index is 1570. The molecule has 0 bridgehead atoms. The molecule has 0 aliphatic heterocycles.